The van der Waals surface area contributed by atoms with Crippen molar-refractivity contribution >= 4 is 5.91 Å². The highest BCUT2D eigenvalue weighted by atomic mass is 19.1. The molecule has 0 N–H and O–H groups in total. The smallest absolute Gasteiger partial charge is 0.254 e. The summed E-state index contributed by atoms with van der Waals surface area (Å²) in [6, 6.07) is 11.6. The molecule has 0 fully saturated rings. The van der Waals surface area contributed by atoms with Crippen LogP contribution in [0.1, 0.15) is 21.6 Å². The second kappa shape index (κ2) is 6.12. The topological polar surface area (TPSA) is 46.3 Å². The van der Waals surface area contributed by atoms with Gasteiger partial charge in [-0.15, -0.1) is 0 Å². The molecule has 2 heterocycles. The van der Waals surface area contributed by atoms with E-state index in [1.54, 1.807) is 23.1 Å². The van der Waals surface area contributed by atoms with Gasteiger partial charge in [-0.3, -0.25) is 4.79 Å². The minimum Gasteiger partial charge on any atom is -0.356 e. The Morgan fingerprint density at radius 2 is 1.88 bits per heavy atom. The number of halogens is 2. The predicted molar refractivity (Wildman–Crippen MR) is 86.7 cm³/mol. The van der Waals surface area contributed by atoms with Crippen LogP contribution in [0.2, 0.25) is 0 Å². The molecule has 0 unspecified atom stereocenters. The van der Waals surface area contributed by atoms with Gasteiger partial charge in [-0.1, -0.05) is 11.2 Å². The fraction of sp³-hybridized carbons (Fsp3) is 0.158. The number of hydrogen-bond acceptors (Lipinski definition) is 3. The molecule has 1 aliphatic rings. The van der Waals surface area contributed by atoms with Crippen LogP contribution in [0.25, 0.3) is 11.3 Å². The molecular formula is C19H14F2N2O2. The fourth-order valence-electron chi connectivity index (χ4n) is 3.04. The van der Waals surface area contributed by atoms with E-state index < -0.39 is 5.82 Å². The Morgan fingerprint density at radius 1 is 1.08 bits per heavy atom. The highest BCUT2D eigenvalue weighted by molar-refractivity contribution is 5.94. The summed E-state index contributed by atoms with van der Waals surface area (Å²) in [6.07, 6.45) is 0.576. The zero-order valence-electron chi connectivity index (χ0n) is 13.2. The lowest BCUT2D eigenvalue weighted by Gasteiger charge is -2.26. The number of hydrogen-bond donors (Lipinski definition) is 0. The standard InChI is InChI=1S/C19H14F2N2O2/c20-14-6-4-12(5-7-14)18-16-8-9-23(11-17(16)22-25-18)19(24)13-2-1-3-15(21)10-13/h1-7,10H,8-9,11H2. The third-order valence-electron chi connectivity index (χ3n) is 4.31. The first-order valence-electron chi connectivity index (χ1n) is 7.90. The summed E-state index contributed by atoms with van der Waals surface area (Å²) in [5, 5.41) is 4.06. The molecule has 0 radical (unpaired) electrons. The molecule has 0 saturated carbocycles. The fourth-order valence-corrected chi connectivity index (χ4v) is 3.04. The van der Waals surface area contributed by atoms with Gasteiger partial charge in [-0.25, -0.2) is 8.78 Å². The molecule has 6 heteroatoms. The maximum atomic E-state index is 13.3. The minimum absolute atomic E-state index is 0.239. The number of aromatic nitrogens is 1. The van der Waals surface area contributed by atoms with E-state index in [4.69, 9.17) is 4.52 Å². The van der Waals surface area contributed by atoms with Crippen LogP contribution < -0.4 is 0 Å². The number of carbonyl (C=O) groups is 1. The summed E-state index contributed by atoms with van der Waals surface area (Å²) in [5.41, 5.74) is 2.66. The van der Waals surface area contributed by atoms with Gasteiger partial charge in [0.1, 0.15) is 17.3 Å². The highest BCUT2D eigenvalue weighted by Gasteiger charge is 2.27. The van der Waals surface area contributed by atoms with Crippen molar-refractivity contribution in [1.82, 2.24) is 10.1 Å². The van der Waals surface area contributed by atoms with Gasteiger partial charge in [-0.2, -0.15) is 0 Å². The number of fused-ring (bicyclic) bond motifs is 1. The van der Waals surface area contributed by atoms with E-state index in [0.717, 1.165) is 11.1 Å². The van der Waals surface area contributed by atoms with Gasteiger partial charge in [0.05, 0.1) is 6.54 Å². The summed E-state index contributed by atoms with van der Waals surface area (Å²) in [4.78, 5) is 14.2. The minimum atomic E-state index is -0.441. The summed E-state index contributed by atoms with van der Waals surface area (Å²) in [6.45, 7) is 0.785. The van der Waals surface area contributed by atoms with E-state index in [0.29, 0.717) is 36.5 Å². The number of nitrogens with zero attached hydrogens (tertiary/aromatic N) is 2. The molecule has 0 aliphatic carbocycles. The summed E-state index contributed by atoms with van der Waals surface area (Å²) >= 11 is 0. The normalized spacial score (nSPS) is 13.6. The highest BCUT2D eigenvalue weighted by Crippen LogP contribution is 2.30. The third-order valence-corrected chi connectivity index (χ3v) is 4.31. The van der Waals surface area contributed by atoms with Crippen molar-refractivity contribution in [2.24, 2.45) is 0 Å². The van der Waals surface area contributed by atoms with Crippen LogP contribution in [0.5, 0.6) is 0 Å². The summed E-state index contributed by atoms with van der Waals surface area (Å²) in [5.74, 6) is -0.392. The van der Waals surface area contributed by atoms with Gasteiger partial charge in [0.2, 0.25) is 0 Å². The molecule has 1 amide bonds. The third kappa shape index (κ3) is 2.91. The van der Waals surface area contributed by atoms with Crippen molar-refractivity contribution in [3.05, 3.63) is 77.0 Å². The summed E-state index contributed by atoms with van der Waals surface area (Å²) in [7, 11) is 0. The lowest BCUT2D eigenvalue weighted by atomic mass is 10.00. The second-order valence-corrected chi connectivity index (χ2v) is 5.93. The Kier molecular flexibility index (Phi) is 3.80. The van der Waals surface area contributed by atoms with Crippen molar-refractivity contribution in [3.8, 4) is 11.3 Å². The predicted octanol–water partition coefficient (Wildman–Crippen LogP) is 3.82. The lowest BCUT2D eigenvalue weighted by Crippen LogP contribution is -2.36. The molecule has 4 rings (SSSR count). The van der Waals surface area contributed by atoms with Crippen molar-refractivity contribution in [2.45, 2.75) is 13.0 Å². The van der Waals surface area contributed by atoms with Crippen LogP contribution in [0.15, 0.2) is 53.1 Å². The average Bonchev–Trinajstić information content (AvgIpc) is 3.05. The van der Waals surface area contributed by atoms with E-state index in [1.165, 1.54) is 30.3 Å². The molecular weight excluding hydrogens is 326 g/mol. The first-order valence-corrected chi connectivity index (χ1v) is 7.90. The molecule has 4 nitrogen and oxygen atoms in total. The largest absolute Gasteiger partial charge is 0.356 e. The Hall–Kier alpha value is -3.02. The van der Waals surface area contributed by atoms with Crippen LogP contribution in [0.3, 0.4) is 0 Å². The molecule has 126 valence electrons. The quantitative estimate of drug-likeness (QED) is 0.712. The van der Waals surface area contributed by atoms with Gasteiger partial charge >= 0.3 is 0 Å². The maximum absolute atomic E-state index is 13.3. The monoisotopic (exact) mass is 340 g/mol. The van der Waals surface area contributed by atoms with E-state index in [1.807, 2.05) is 0 Å². The Balaban J connectivity index is 1.58. The van der Waals surface area contributed by atoms with E-state index in [9.17, 15) is 13.6 Å². The zero-order chi connectivity index (χ0) is 17.4. The van der Waals surface area contributed by atoms with Crippen LogP contribution >= 0.6 is 0 Å². The first kappa shape index (κ1) is 15.5. The zero-order valence-corrected chi connectivity index (χ0v) is 13.2. The van der Waals surface area contributed by atoms with Gasteiger partial charge in [0.25, 0.3) is 5.91 Å². The second-order valence-electron chi connectivity index (χ2n) is 5.93. The molecule has 0 saturated heterocycles. The molecule has 0 spiro atoms. The van der Waals surface area contributed by atoms with Gasteiger partial charge in [0.15, 0.2) is 5.76 Å². The van der Waals surface area contributed by atoms with Crippen LogP contribution in [0, 0.1) is 11.6 Å². The van der Waals surface area contributed by atoms with Crippen LogP contribution in [0.4, 0.5) is 8.78 Å². The van der Waals surface area contributed by atoms with Crippen molar-refractivity contribution in [2.75, 3.05) is 6.54 Å². The Morgan fingerprint density at radius 3 is 2.64 bits per heavy atom. The number of amides is 1. The molecule has 2 aromatic carbocycles. The molecule has 0 bridgehead atoms. The van der Waals surface area contributed by atoms with Gasteiger partial charge < -0.3 is 9.42 Å². The number of carbonyl (C=O) groups excluding carboxylic acids is 1. The van der Waals surface area contributed by atoms with Crippen molar-refractivity contribution in [3.63, 3.8) is 0 Å². The van der Waals surface area contributed by atoms with E-state index in [2.05, 4.69) is 5.16 Å². The van der Waals surface area contributed by atoms with Crippen LogP contribution in [-0.2, 0) is 13.0 Å². The Labute approximate surface area is 142 Å². The van der Waals surface area contributed by atoms with Gasteiger partial charge in [0, 0.05) is 23.2 Å². The molecule has 1 aromatic heterocycles. The molecule has 3 aromatic rings. The van der Waals surface area contributed by atoms with E-state index >= 15 is 0 Å². The SMILES string of the molecule is O=C(c1cccc(F)c1)N1CCc2c(noc2-c2ccc(F)cc2)C1. The van der Waals surface area contributed by atoms with Crippen LogP contribution in [-0.4, -0.2) is 22.5 Å². The number of benzene rings is 2. The Bertz CT molecular complexity index is 935. The number of rotatable bonds is 2. The molecule has 25 heavy (non-hydrogen) atoms. The van der Waals surface area contributed by atoms with Crippen molar-refractivity contribution < 1.29 is 18.1 Å². The van der Waals surface area contributed by atoms with Crippen molar-refractivity contribution in [1.29, 1.82) is 0 Å². The maximum Gasteiger partial charge on any atom is 0.254 e. The summed E-state index contributed by atoms with van der Waals surface area (Å²) < 4.78 is 31.8. The average molecular weight is 340 g/mol. The molecule has 0 atom stereocenters. The molecule has 1 aliphatic heterocycles. The van der Waals surface area contributed by atoms with Gasteiger partial charge in [-0.05, 0) is 48.9 Å². The lowest BCUT2D eigenvalue weighted by molar-refractivity contribution is 0.0731. The van der Waals surface area contributed by atoms with E-state index in [-0.39, 0.29) is 11.7 Å². The first-order chi connectivity index (χ1) is 12.1.